The average Bonchev–Trinajstić information content (AvgIpc) is 2.30. The van der Waals surface area contributed by atoms with Crippen molar-refractivity contribution in [3.8, 4) is 0 Å². The zero-order valence-electron chi connectivity index (χ0n) is 10.7. The first-order valence-corrected chi connectivity index (χ1v) is 5.65. The molecule has 0 atom stereocenters. The lowest BCUT2D eigenvalue weighted by molar-refractivity contribution is 0.0452. The molecule has 0 aliphatic rings. The molecule has 0 spiro atoms. The highest BCUT2D eigenvalue weighted by Gasteiger charge is 2.27. The number of aliphatic hydroxyl groups is 2. The average molecular weight is 232 g/mol. The Kier molecular flexibility index (Phi) is 6.36. The third-order valence-corrected chi connectivity index (χ3v) is 2.74. The Morgan fingerprint density at radius 3 is 1.94 bits per heavy atom. The molecule has 0 aromatic rings. The van der Waals surface area contributed by atoms with E-state index >= 15 is 0 Å². The van der Waals surface area contributed by atoms with Crippen LogP contribution in [0.25, 0.3) is 0 Å². The molecule has 0 radical (unpaired) electrons. The predicted octanol–water partition coefficient (Wildman–Crippen LogP) is 0.371. The third kappa shape index (κ3) is 3.98. The van der Waals surface area contributed by atoms with Gasteiger partial charge in [0.05, 0.1) is 13.2 Å². The van der Waals surface area contributed by atoms with Gasteiger partial charge >= 0.3 is 6.03 Å². The molecule has 0 fully saturated rings. The summed E-state index contributed by atoms with van der Waals surface area (Å²) in [7, 11) is 1.68. The van der Waals surface area contributed by atoms with Crippen molar-refractivity contribution in [3.05, 3.63) is 0 Å². The van der Waals surface area contributed by atoms with E-state index in [-0.39, 0.29) is 19.2 Å². The summed E-state index contributed by atoms with van der Waals surface area (Å²) >= 11 is 0. The van der Waals surface area contributed by atoms with Gasteiger partial charge in [-0.15, -0.1) is 0 Å². The molecule has 0 aromatic carbocycles. The van der Waals surface area contributed by atoms with Crippen molar-refractivity contribution in [2.75, 3.05) is 39.9 Å². The van der Waals surface area contributed by atoms with Crippen LogP contribution in [0, 0.1) is 5.41 Å². The van der Waals surface area contributed by atoms with E-state index in [2.05, 4.69) is 0 Å². The van der Waals surface area contributed by atoms with Crippen LogP contribution in [0.3, 0.4) is 0 Å². The van der Waals surface area contributed by atoms with E-state index in [1.54, 1.807) is 23.8 Å². The summed E-state index contributed by atoms with van der Waals surface area (Å²) in [6.45, 7) is 6.98. The molecule has 0 aliphatic carbocycles. The fourth-order valence-corrected chi connectivity index (χ4v) is 1.53. The van der Waals surface area contributed by atoms with Gasteiger partial charge in [0.15, 0.2) is 0 Å². The molecule has 0 heterocycles. The van der Waals surface area contributed by atoms with Gasteiger partial charge in [-0.3, -0.25) is 0 Å². The van der Waals surface area contributed by atoms with Crippen molar-refractivity contribution < 1.29 is 15.0 Å². The largest absolute Gasteiger partial charge is 0.396 e. The highest BCUT2D eigenvalue weighted by molar-refractivity contribution is 5.74. The van der Waals surface area contributed by atoms with Gasteiger partial charge in [-0.1, -0.05) is 6.92 Å². The van der Waals surface area contributed by atoms with Crippen LogP contribution in [0.5, 0.6) is 0 Å². The molecule has 5 heteroatoms. The summed E-state index contributed by atoms with van der Waals surface area (Å²) in [6.07, 6.45) is 0. The fourth-order valence-electron chi connectivity index (χ4n) is 1.53. The van der Waals surface area contributed by atoms with E-state index in [1.807, 2.05) is 13.8 Å². The monoisotopic (exact) mass is 232 g/mol. The molecule has 2 amide bonds. The molecule has 96 valence electrons. The van der Waals surface area contributed by atoms with Crippen LogP contribution in [0.4, 0.5) is 4.79 Å². The van der Waals surface area contributed by atoms with Gasteiger partial charge in [-0.25, -0.2) is 4.79 Å². The quantitative estimate of drug-likeness (QED) is 0.695. The number of urea groups is 1. The first-order valence-electron chi connectivity index (χ1n) is 5.65. The Labute approximate surface area is 97.7 Å². The number of nitrogens with zero attached hydrogens (tertiary/aromatic N) is 2. The number of hydrogen-bond acceptors (Lipinski definition) is 3. The molecule has 0 aliphatic heterocycles. The topological polar surface area (TPSA) is 64.0 Å². The summed E-state index contributed by atoms with van der Waals surface area (Å²) in [6, 6.07) is -0.0712. The van der Waals surface area contributed by atoms with E-state index in [9.17, 15) is 4.79 Å². The van der Waals surface area contributed by atoms with Gasteiger partial charge < -0.3 is 20.0 Å². The second-order valence-electron chi connectivity index (χ2n) is 4.44. The van der Waals surface area contributed by atoms with Gasteiger partial charge in [0.25, 0.3) is 0 Å². The number of carbonyl (C=O) groups is 1. The standard InChI is InChI=1S/C11H24N2O3/c1-5-13(6-2)10(16)12(4)7-11(3,8-14)9-15/h14-15H,5-9H2,1-4H3. The highest BCUT2D eigenvalue weighted by Crippen LogP contribution is 2.16. The zero-order valence-corrected chi connectivity index (χ0v) is 10.7. The molecule has 5 nitrogen and oxygen atoms in total. The van der Waals surface area contributed by atoms with Crippen molar-refractivity contribution >= 4 is 6.03 Å². The van der Waals surface area contributed by atoms with Crippen molar-refractivity contribution in [1.29, 1.82) is 0 Å². The van der Waals surface area contributed by atoms with Crippen molar-refractivity contribution in [1.82, 2.24) is 9.80 Å². The normalized spacial score (nSPS) is 11.4. The fraction of sp³-hybridized carbons (Fsp3) is 0.909. The Morgan fingerprint density at radius 1 is 1.19 bits per heavy atom. The lowest BCUT2D eigenvalue weighted by atomic mass is 9.92. The molecule has 2 N–H and O–H groups in total. The number of aliphatic hydroxyl groups excluding tert-OH is 2. The second-order valence-corrected chi connectivity index (χ2v) is 4.44. The van der Waals surface area contributed by atoms with Crippen molar-refractivity contribution in [3.63, 3.8) is 0 Å². The van der Waals surface area contributed by atoms with E-state index in [1.165, 1.54) is 0 Å². The lowest BCUT2D eigenvalue weighted by Gasteiger charge is -2.33. The van der Waals surface area contributed by atoms with Crippen LogP contribution < -0.4 is 0 Å². The van der Waals surface area contributed by atoms with Crippen LogP contribution in [-0.4, -0.2) is 65.9 Å². The van der Waals surface area contributed by atoms with Crippen LogP contribution in [0.1, 0.15) is 20.8 Å². The highest BCUT2D eigenvalue weighted by atomic mass is 16.3. The maximum absolute atomic E-state index is 11.9. The van der Waals surface area contributed by atoms with Crippen molar-refractivity contribution in [2.24, 2.45) is 5.41 Å². The van der Waals surface area contributed by atoms with Crippen molar-refractivity contribution in [2.45, 2.75) is 20.8 Å². The first-order chi connectivity index (χ1) is 7.44. The van der Waals surface area contributed by atoms with Crippen LogP contribution >= 0.6 is 0 Å². The van der Waals surface area contributed by atoms with E-state index in [0.29, 0.717) is 19.6 Å². The van der Waals surface area contributed by atoms with Gasteiger partial charge in [0.1, 0.15) is 0 Å². The van der Waals surface area contributed by atoms with Gasteiger partial charge in [0, 0.05) is 32.1 Å². The SMILES string of the molecule is CCN(CC)C(=O)N(C)CC(C)(CO)CO. The van der Waals surface area contributed by atoms with Crippen LogP contribution in [0.15, 0.2) is 0 Å². The number of rotatable bonds is 6. The minimum Gasteiger partial charge on any atom is -0.396 e. The molecule has 0 saturated carbocycles. The van der Waals surface area contributed by atoms with E-state index in [4.69, 9.17) is 10.2 Å². The summed E-state index contributed by atoms with van der Waals surface area (Å²) in [5.74, 6) is 0. The molecular formula is C11H24N2O3. The molecule has 0 unspecified atom stereocenters. The van der Waals surface area contributed by atoms with E-state index < -0.39 is 5.41 Å². The first kappa shape index (κ1) is 15.2. The van der Waals surface area contributed by atoms with Gasteiger partial charge in [-0.2, -0.15) is 0 Å². The molecule has 0 bridgehead atoms. The Bertz CT molecular complexity index is 213. The summed E-state index contributed by atoms with van der Waals surface area (Å²) in [4.78, 5) is 15.1. The maximum Gasteiger partial charge on any atom is 0.319 e. The predicted molar refractivity (Wildman–Crippen MR) is 63.2 cm³/mol. The minimum absolute atomic E-state index is 0.0712. The Morgan fingerprint density at radius 2 is 1.62 bits per heavy atom. The summed E-state index contributed by atoms with van der Waals surface area (Å²) < 4.78 is 0. The Hall–Kier alpha value is -0.810. The number of hydrogen-bond donors (Lipinski definition) is 2. The summed E-state index contributed by atoms with van der Waals surface area (Å²) in [5.41, 5.74) is -0.641. The Balaban J connectivity index is 4.45. The molecule has 0 saturated heterocycles. The molecular weight excluding hydrogens is 208 g/mol. The smallest absolute Gasteiger partial charge is 0.319 e. The van der Waals surface area contributed by atoms with Gasteiger partial charge in [0.2, 0.25) is 0 Å². The summed E-state index contributed by atoms with van der Waals surface area (Å²) in [5, 5.41) is 18.3. The van der Waals surface area contributed by atoms with E-state index in [0.717, 1.165) is 0 Å². The minimum atomic E-state index is -0.641. The second kappa shape index (κ2) is 6.70. The van der Waals surface area contributed by atoms with Crippen LogP contribution in [-0.2, 0) is 0 Å². The van der Waals surface area contributed by atoms with Gasteiger partial charge in [-0.05, 0) is 13.8 Å². The zero-order chi connectivity index (χ0) is 12.8. The number of amides is 2. The number of carbonyl (C=O) groups excluding carboxylic acids is 1. The molecule has 16 heavy (non-hydrogen) atoms. The third-order valence-electron chi connectivity index (χ3n) is 2.74. The van der Waals surface area contributed by atoms with Crippen LogP contribution in [0.2, 0.25) is 0 Å². The lowest BCUT2D eigenvalue weighted by Crippen LogP contribution is -2.47. The molecule has 0 aromatic heterocycles. The molecule has 0 rings (SSSR count). The maximum atomic E-state index is 11.9.